The lowest BCUT2D eigenvalue weighted by atomic mass is 9.74. The second kappa shape index (κ2) is 5.35. The van der Waals surface area contributed by atoms with Crippen molar-refractivity contribution in [1.82, 2.24) is 9.88 Å². The molecule has 2 heteroatoms. The summed E-state index contributed by atoms with van der Waals surface area (Å²) < 4.78 is 0. The maximum absolute atomic E-state index is 3.40. The molecule has 1 N–H and O–H groups in total. The smallest absolute Gasteiger partial charge is 0.0457 e. The third-order valence-corrected chi connectivity index (χ3v) is 5.90. The van der Waals surface area contributed by atoms with Crippen LogP contribution in [0.25, 0.3) is 17.0 Å². The molecule has 2 aromatic carbocycles. The molecule has 0 amide bonds. The van der Waals surface area contributed by atoms with Crippen LogP contribution in [0.4, 0.5) is 0 Å². The minimum atomic E-state index is 0.285. The monoisotopic (exact) mass is 314 g/mol. The van der Waals surface area contributed by atoms with Crippen molar-refractivity contribution in [3.63, 3.8) is 0 Å². The Labute approximate surface area is 142 Å². The van der Waals surface area contributed by atoms with Crippen molar-refractivity contribution in [2.24, 2.45) is 0 Å². The van der Waals surface area contributed by atoms with Crippen LogP contribution < -0.4 is 0 Å². The van der Waals surface area contributed by atoms with Crippen molar-refractivity contribution >= 4 is 17.0 Å². The highest BCUT2D eigenvalue weighted by molar-refractivity contribution is 5.83. The number of aromatic amines is 1. The lowest BCUT2D eigenvalue weighted by Gasteiger charge is -2.39. The molecule has 5 rings (SSSR count). The van der Waals surface area contributed by atoms with E-state index in [1.165, 1.54) is 40.4 Å². The Kier molecular flexibility index (Phi) is 3.14. The summed E-state index contributed by atoms with van der Waals surface area (Å²) in [6, 6.07) is 17.5. The third-order valence-electron chi connectivity index (χ3n) is 5.90. The van der Waals surface area contributed by atoms with Gasteiger partial charge in [-0.3, -0.25) is 4.90 Å². The Morgan fingerprint density at radius 2 is 1.75 bits per heavy atom. The fourth-order valence-corrected chi connectivity index (χ4v) is 4.48. The Morgan fingerprint density at radius 3 is 2.67 bits per heavy atom. The van der Waals surface area contributed by atoms with Gasteiger partial charge in [-0.15, -0.1) is 0 Å². The van der Waals surface area contributed by atoms with Gasteiger partial charge < -0.3 is 4.98 Å². The minimum absolute atomic E-state index is 0.285. The number of piperidine rings is 1. The number of benzene rings is 2. The lowest BCUT2D eigenvalue weighted by molar-refractivity contribution is 0.178. The Hall–Kier alpha value is -2.32. The summed E-state index contributed by atoms with van der Waals surface area (Å²) in [6.45, 7) is 3.38. The first-order valence-electron chi connectivity index (χ1n) is 8.90. The van der Waals surface area contributed by atoms with E-state index in [1.807, 2.05) is 0 Å². The predicted octanol–water partition coefficient (Wildman–Crippen LogP) is 4.73. The SMILES string of the molecule is C1=CC2(CCN(Cc3c[nH]c4ccccc34)CC2)c2ccccc21. The average molecular weight is 314 g/mol. The number of nitrogens with zero attached hydrogens (tertiary/aromatic N) is 1. The molecule has 1 saturated heterocycles. The zero-order valence-corrected chi connectivity index (χ0v) is 13.8. The number of likely N-dealkylation sites (tertiary alicyclic amines) is 1. The van der Waals surface area contributed by atoms with Gasteiger partial charge in [0.25, 0.3) is 0 Å². The van der Waals surface area contributed by atoms with Crippen LogP contribution in [-0.4, -0.2) is 23.0 Å². The Balaban J connectivity index is 1.34. The second-order valence-corrected chi connectivity index (χ2v) is 7.21. The quantitative estimate of drug-likeness (QED) is 0.724. The van der Waals surface area contributed by atoms with Crippen molar-refractivity contribution in [3.05, 3.63) is 77.5 Å². The average Bonchev–Trinajstić information content (AvgIpc) is 3.20. The van der Waals surface area contributed by atoms with Crippen LogP contribution >= 0.6 is 0 Å². The molecule has 2 heterocycles. The highest BCUT2D eigenvalue weighted by Gasteiger charge is 2.37. The first-order valence-corrected chi connectivity index (χ1v) is 8.90. The fourth-order valence-electron chi connectivity index (χ4n) is 4.48. The molecule has 0 atom stereocenters. The number of para-hydroxylation sites is 1. The molecule has 0 saturated carbocycles. The number of fused-ring (bicyclic) bond motifs is 3. The van der Waals surface area contributed by atoms with Gasteiger partial charge in [-0.2, -0.15) is 0 Å². The minimum Gasteiger partial charge on any atom is -0.361 e. The number of H-pyrrole nitrogens is 1. The van der Waals surface area contributed by atoms with Crippen LogP contribution in [0.2, 0.25) is 0 Å². The van der Waals surface area contributed by atoms with E-state index in [0.717, 1.165) is 19.6 Å². The lowest BCUT2D eigenvalue weighted by Crippen LogP contribution is -2.40. The summed E-state index contributed by atoms with van der Waals surface area (Å²) in [5.74, 6) is 0. The predicted molar refractivity (Wildman–Crippen MR) is 100.0 cm³/mol. The molecule has 2 aliphatic rings. The van der Waals surface area contributed by atoms with Gasteiger partial charge in [-0.1, -0.05) is 54.6 Å². The molecular weight excluding hydrogens is 292 g/mol. The van der Waals surface area contributed by atoms with Crippen molar-refractivity contribution in [3.8, 4) is 0 Å². The molecule has 1 fully saturated rings. The summed E-state index contributed by atoms with van der Waals surface area (Å²) >= 11 is 0. The van der Waals surface area contributed by atoms with Gasteiger partial charge in [-0.05, 0) is 48.7 Å². The highest BCUT2D eigenvalue weighted by atomic mass is 15.1. The van der Waals surface area contributed by atoms with Crippen molar-refractivity contribution in [2.45, 2.75) is 24.8 Å². The molecule has 0 bridgehead atoms. The van der Waals surface area contributed by atoms with Gasteiger partial charge in [0.2, 0.25) is 0 Å². The van der Waals surface area contributed by atoms with E-state index in [4.69, 9.17) is 0 Å². The molecule has 1 aromatic heterocycles. The third kappa shape index (κ3) is 2.14. The zero-order valence-electron chi connectivity index (χ0n) is 13.8. The van der Waals surface area contributed by atoms with Crippen molar-refractivity contribution in [2.75, 3.05) is 13.1 Å². The van der Waals surface area contributed by atoms with E-state index < -0.39 is 0 Å². The van der Waals surface area contributed by atoms with E-state index in [1.54, 1.807) is 0 Å². The molecule has 24 heavy (non-hydrogen) atoms. The van der Waals surface area contributed by atoms with Crippen LogP contribution in [0, 0.1) is 0 Å². The zero-order chi connectivity index (χ0) is 16.0. The summed E-state index contributed by atoms with van der Waals surface area (Å²) in [4.78, 5) is 6.01. The van der Waals surface area contributed by atoms with E-state index in [2.05, 4.69) is 76.8 Å². The van der Waals surface area contributed by atoms with Crippen molar-refractivity contribution in [1.29, 1.82) is 0 Å². The number of hydrogen-bond acceptors (Lipinski definition) is 1. The van der Waals surface area contributed by atoms with Crippen LogP contribution in [0.5, 0.6) is 0 Å². The topological polar surface area (TPSA) is 19.0 Å². The largest absolute Gasteiger partial charge is 0.361 e. The number of rotatable bonds is 2. The molecule has 2 nitrogen and oxygen atoms in total. The molecule has 3 aromatic rings. The van der Waals surface area contributed by atoms with Crippen LogP contribution in [-0.2, 0) is 12.0 Å². The highest BCUT2D eigenvalue weighted by Crippen LogP contribution is 2.43. The summed E-state index contributed by atoms with van der Waals surface area (Å²) in [6.07, 6.45) is 9.41. The summed E-state index contributed by atoms with van der Waals surface area (Å²) in [7, 11) is 0. The molecule has 0 unspecified atom stereocenters. The van der Waals surface area contributed by atoms with Gasteiger partial charge in [0, 0.05) is 29.1 Å². The number of hydrogen-bond donors (Lipinski definition) is 1. The van der Waals surface area contributed by atoms with Gasteiger partial charge in [0.1, 0.15) is 0 Å². The van der Waals surface area contributed by atoms with Gasteiger partial charge in [0.05, 0.1) is 0 Å². The van der Waals surface area contributed by atoms with E-state index >= 15 is 0 Å². The normalized spacial score (nSPS) is 19.2. The van der Waals surface area contributed by atoms with Gasteiger partial charge >= 0.3 is 0 Å². The van der Waals surface area contributed by atoms with Gasteiger partial charge in [-0.25, -0.2) is 0 Å². The molecule has 1 spiro atoms. The Bertz CT molecular complexity index is 910. The maximum Gasteiger partial charge on any atom is 0.0457 e. The standard InChI is InChI=1S/C22H22N2/c1-3-7-20-17(5-1)9-10-22(20)11-13-24(14-12-22)16-18-15-23-21-8-4-2-6-19(18)21/h1-10,15,23H,11-14,16H2. The van der Waals surface area contributed by atoms with Crippen LogP contribution in [0.3, 0.4) is 0 Å². The number of aromatic nitrogens is 1. The van der Waals surface area contributed by atoms with Gasteiger partial charge in [0.15, 0.2) is 0 Å². The number of allylic oxidation sites excluding steroid dienone is 1. The second-order valence-electron chi connectivity index (χ2n) is 7.21. The molecule has 1 aliphatic carbocycles. The van der Waals surface area contributed by atoms with E-state index in [-0.39, 0.29) is 5.41 Å². The Morgan fingerprint density at radius 1 is 0.958 bits per heavy atom. The summed E-state index contributed by atoms with van der Waals surface area (Å²) in [5.41, 5.74) is 5.91. The van der Waals surface area contributed by atoms with Crippen LogP contribution in [0.1, 0.15) is 29.5 Å². The molecule has 0 radical (unpaired) electrons. The fraction of sp³-hybridized carbons (Fsp3) is 0.273. The first-order chi connectivity index (χ1) is 11.8. The van der Waals surface area contributed by atoms with Crippen LogP contribution in [0.15, 0.2) is 60.8 Å². The summed E-state index contributed by atoms with van der Waals surface area (Å²) in [5, 5.41) is 1.36. The van der Waals surface area contributed by atoms with E-state index in [9.17, 15) is 0 Å². The van der Waals surface area contributed by atoms with E-state index in [0.29, 0.717) is 0 Å². The number of nitrogens with one attached hydrogen (secondary N) is 1. The first kappa shape index (κ1) is 14.1. The molecular formula is C22H22N2. The van der Waals surface area contributed by atoms with Crippen molar-refractivity contribution < 1.29 is 0 Å². The molecule has 120 valence electrons. The molecule has 1 aliphatic heterocycles. The maximum atomic E-state index is 3.40.